The van der Waals surface area contributed by atoms with Gasteiger partial charge >= 0.3 is 0 Å². The van der Waals surface area contributed by atoms with Crippen molar-refractivity contribution >= 4 is 27.8 Å². The second-order valence-corrected chi connectivity index (χ2v) is 6.55. The molecule has 0 bridgehead atoms. The summed E-state index contributed by atoms with van der Waals surface area (Å²) in [4.78, 5) is 0. The Balaban J connectivity index is 1.47. The molecular formula is C20H17N7. The van der Waals surface area contributed by atoms with Crippen LogP contribution in [0.2, 0.25) is 0 Å². The normalized spacial score (nSPS) is 11.4. The summed E-state index contributed by atoms with van der Waals surface area (Å²) in [6.07, 6.45) is 0. The molecule has 0 saturated carbocycles. The molecule has 0 aliphatic carbocycles. The number of fused-ring (bicyclic) bond motifs is 2. The van der Waals surface area contributed by atoms with Gasteiger partial charge in [0.15, 0.2) is 0 Å². The lowest BCUT2D eigenvalue weighted by molar-refractivity contribution is 0.659. The minimum absolute atomic E-state index is 0.608. The highest BCUT2D eigenvalue weighted by molar-refractivity contribution is 5.74. The van der Waals surface area contributed by atoms with Crippen LogP contribution in [0.15, 0.2) is 66.7 Å². The van der Waals surface area contributed by atoms with Crippen molar-refractivity contribution in [2.24, 2.45) is 0 Å². The van der Waals surface area contributed by atoms with Crippen molar-refractivity contribution in [1.29, 1.82) is 0 Å². The summed E-state index contributed by atoms with van der Waals surface area (Å²) < 4.78 is 3.78. The van der Waals surface area contributed by atoms with Crippen LogP contribution in [-0.4, -0.2) is 30.0 Å². The molecule has 0 atom stereocenters. The third-order valence-corrected chi connectivity index (χ3v) is 4.58. The fourth-order valence-corrected chi connectivity index (χ4v) is 3.39. The lowest BCUT2D eigenvalue weighted by Gasteiger charge is -2.09. The van der Waals surface area contributed by atoms with Gasteiger partial charge in [0.05, 0.1) is 24.1 Å². The molecule has 0 radical (unpaired) electrons. The van der Waals surface area contributed by atoms with Crippen molar-refractivity contribution < 1.29 is 0 Å². The first-order chi connectivity index (χ1) is 13.3. The molecular weight excluding hydrogens is 338 g/mol. The van der Waals surface area contributed by atoms with Crippen LogP contribution in [0.1, 0.15) is 11.1 Å². The van der Waals surface area contributed by atoms with Crippen LogP contribution in [0, 0.1) is 0 Å². The van der Waals surface area contributed by atoms with E-state index in [1.165, 1.54) is 0 Å². The summed E-state index contributed by atoms with van der Waals surface area (Å²) in [7, 11) is 0. The number of benzene rings is 3. The standard InChI is InChI=1S/C20H17N7/c21-16-10-14(12-26-19-7-3-1-5-17(19)22-24-26)9-15(11-16)13-27-20-8-4-2-6-18(20)23-25-27/h1-11H,12-13,21H2. The molecule has 0 unspecified atom stereocenters. The van der Waals surface area contributed by atoms with Gasteiger partial charge < -0.3 is 5.73 Å². The smallest absolute Gasteiger partial charge is 0.113 e. The molecule has 7 heteroatoms. The molecule has 0 saturated heterocycles. The molecule has 0 amide bonds. The highest BCUT2D eigenvalue weighted by Crippen LogP contribution is 2.18. The fraction of sp³-hybridized carbons (Fsp3) is 0.100. The average molecular weight is 355 g/mol. The van der Waals surface area contributed by atoms with Crippen molar-refractivity contribution in [2.75, 3.05) is 5.73 Å². The number of para-hydroxylation sites is 2. The highest BCUT2D eigenvalue weighted by atomic mass is 15.4. The molecule has 0 fully saturated rings. The van der Waals surface area contributed by atoms with Crippen molar-refractivity contribution in [3.63, 3.8) is 0 Å². The first-order valence-electron chi connectivity index (χ1n) is 8.71. The number of nitrogens with two attached hydrogens (primary N) is 1. The van der Waals surface area contributed by atoms with Gasteiger partial charge in [-0.1, -0.05) is 40.8 Å². The zero-order chi connectivity index (χ0) is 18.2. The molecule has 0 aliphatic rings. The minimum Gasteiger partial charge on any atom is -0.399 e. The van der Waals surface area contributed by atoms with E-state index in [2.05, 4.69) is 26.7 Å². The van der Waals surface area contributed by atoms with E-state index in [0.29, 0.717) is 13.1 Å². The molecule has 132 valence electrons. The van der Waals surface area contributed by atoms with Gasteiger partial charge in [-0.25, -0.2) is 9.36 Å². The van der Waals surface area contributed by atoms with E-state index in [-0.39, 0.29) is 0 Å². The molecule has 2 heterocycles. The highest BCUT2D eigenvalue weighted by Gasteiger charge is 2.08. The maximum absolute atomic E-state index is 6.15. The summed E-state index contributed by atoms with van der Waals surface area (Å²) in [6.45, 7) is 1.22. The zero-order valence-corrected chi connectivity index (χ0v) is 14.5. The molecule has 0 spiro atoms. The van der Waals surface area contributed by atoms with E-state index >= 15 is 0 Å². The van der Waals surface area contributed by atoms with Gasteiger partial charge in [-0.3, -0.25) is 0 Å². The molecule has 2 aromatic heterocycles. The molecule has 7 nitrogen and oxygen atoms in total. The lowest BCUT2D eigenvalue weighted by Crippen LogP contribution is -2.06. The molecule has 0 aliphatic heterocycles. The predicted octanol–water partition coefficient (Wildman–Crippen LogP) is 2.85. The predicted molar refractivity (Wildman–Crippen MR) is 104 cm³/mol. The van der Waals surface area contributed by atoms with Crippen molar-refractivity contribution in [1.82, 2.24) is 30.0 Å². The van der Waals surface area contributed by atoms with E-state index in [1.807, 2.05) is 70.0 Å². The summed E-state index contributed by atoms with van der Waals surface area (Å²) >= 11 is 0. The van der Waals surface area contributed by atoms with Crippen molar-refractivity contribution in [2.45, 2.75) is 13.1 Å². The number of rotatable bonds is 4. The van der Waals surface area contributed by atoms with Gasteiger partial charge in [-0.05, 0) is 47.5 Å². The second-order valence-electron chi connectivity index (χ2n) is 6.55. The quantitative estimate of drug-likeness (QED) is 0.501. The Morgan fingerprint density at radius 3 is 1.67 bits per heavy atom. The minimum atomic E-state index is 0.608. The third-order valence-electron chi connectivity index (χ3n) is 4.58. The third kappa shape index (κ3) is 2.89. The maximum Gasteiger partial charge on any atom is 0.113 e. The van der Waals surface area contributed by atoms with E-state index < -0.39 is 0 Å². The maximum atomic E-state index is 6.15. The molecule has 27 heavy (non-hydrogen) atoms. The van der Waals surface area contributed by atoms with Gasteiger partial charge in [0.25, 0.3) is 0 Å². The zero-order valence-electron chi connectivity index (χ0n) is 14.5. The number of aromatic nitrogens is 6. The van der Waals surface area contributed by atoms with E-state index in [9.17, 15) is 0 Å². The summed E-state index contributed by atoms with van der Waals surface area (Å²) in [5, 5.41) is 17.0. The first kappa shape index (κ1) is 15.5. The Morgan fingerprint density at radius 2 is 1.15 bits per heavy atom. The van der Waals surface area contributed by atoms with Gasteiger partial charge in [-0.2, -0.15) is 0 Å². The molecule has 5 rings (SSSR count). The Bertz CT molecular complexity index is 1160. The molecule has 5 aromatic rings. The van der Waals surface area contributed by atoms with Gasteiger partial charge in [0, 0.05) is 5.69 Å². The van der Waals surface area contributed by atoms with Crippen LogP contribution < -0.4 is 5.73 Å². The van der Waals surface area contributed by atoms with Crippen LogP contribution in [0.5, 0.6) is 0 Å². The van der Waals surface area contributed by atoms with E-state index in [1.54, 1.807) is 0 Å². The topological polar surface area (TPSA) is 87.4 Å². The summed E-state index contributed by atoms with van der Waals surface area (Å²) in [5.74, 6) is 0. The molecule has 3 aromatic carbocycles. The number of hydrogen-bond donors (Lipinski definition) is 1. The Morgan fingerprint density at radius 1 is 0.667 bits per heavy atom. The lowest BCUT2D eigenvalue weighted by atomic mass is 10.1. The molecule has 2 N–H and O–H groups in total. The van der Waals surface area contributed by atoms with Crippen LogP contribution in [-0.2, 0) is 13.1 Å². The van der Waals surface area contributed by atoms with E-state index in [0.717, 1.165) is 38.9 Å². The van der Waals surface area contributed by atoms with Gasteiger partial charge in [0.2, 0.25) is 0 Å². The number of nitrogens with zero attached hydrogens (tertiary/aromatic N) is 6. The van der Waals surface area contributed by atoms with Crippen LogP contribution in [0.25, 0.3) is 22.1 Å². The van der Waals surface area contributed by atoms with E-state index in [4.69, 9.17) is 5.73 Å². The monoisotopic (exact) mass is 355 g/mol. The van der Waals surface area contributed by atoms with Crippen molar-refractivity contribution in [3.05, 3.63) is 77.9 Å². The number of hydrogen-bond acceptors (Lipinski definition) is 5. The second kappa shape index (κ2) is 6.21. The Kier molecular flexibility index (Phi) is 3.57. The Labute approximate surface area is 155 Å². The summed E-state index contributed by atoms with van der Waals surface area (Å²) in [6, 6.07) is 21.9. The van der Waals surface area contributed by atoms with Crippen LogP contribution >= 0.6 is 0 Å². The van der Waals surface area contributed by atoms with Gasteiger partial charge in [0.1, 0.15) is 11.0 Å². The first-order valence-corrected chi connectivity index (χ1v) is 8.71. The SMILES string of the molecule is Nc1cc(Cn2nnc3ccccc32)cc(Cn2nnc3ccccc32)c1. The Hall–Kier alpha value is -3.74. The number of anilines is 1. The largest absolute Gasteiger partial charge is 0.399 e. The average Bonchev–Trinajstić information content (AvgIpc) is 3.26. The summed E-state index contributed by atoms with van der Waals surface area (Å²) in [5.41, 5.74) is 12.8. The van der Waals surface area contributed by atoms with Crippen LogP contribution in [0.3, 0.4) is 0 Å². The fourth-order valence-electron chi connectivity index (χ4n) is 3.39. The number of nitrogen functional groups attached to an aromatic ring is 1. The van der Waals surface area contributed by atoms with Gasteiger partial charge in [-0.15, -0.1) is 10.2 Å². The van der Waals surface area contributed by atoms with Crippen LogP contribution in [0.4, 0.5) is 5.69 Å². The van der Waals surface area contributed by atoms with Crippen molar-refractivity contribution in [3.8, 4) is 0 Å².